The first kappa shape index (κ1) is 18.6. The van der Waals surface area contributed by atoms with Crippen LogP contribution >= 0.6 is 0 Å². The summed E-state index contributed by atoms with van der Waals surface area (Å²) < 4.78 is 0. The first-order valence-electron chi connectivity index (χ1n) is 9.41. The molecule has 0 radical (unpaired) electrons. The number of likely N-dealkylation sites (N-methyl/N-ethyl adjacent to an activating group) is 1. The van der Waals surface area contributed by atoms with Crippen LogP contribution in [0.2, 0.25) is 0 Å². The number of hydrogen-bond acceptors (Lipinski definition) is 6. The van der Waals surface area contributed by atoms with Crippen molar-refractivity contribution in [3.05, 3.63) is 23.9 Å². The Morgan fingerprint density at radius 3 is 2.40 bits per heavy atom. The molecule has 0 aliphatic carbocycles. The number of nitrogens with zero attached hydrogens (tertiary/aromatic N) is 5. The predicted octanol–water partition coefficient (Wildman–Crippen LogP) is 0.435. The Labute approximate surface area is 152 Å². The maximum absolute atomic E-state index is 9.82. The number of aliphatic hydroxyl groups is 1. The summed E-state index contributed by atoms with van der Waals surface area (Å²) in [6.07, 6.45) is 1.98. The molecule has 2 saturated heterocycles. The zero-order chi connectivity index (χ0) is 17.8. The fourth-order valence-electron chi connectivity index (χ4n) is 3.97. The van der Waals surface area contributed by atoms with E-state index in [-0.39, 0.29) is 0 Å². The van der Waals surface area contributed by atoms with E-state index in [0.29, 0.717) is 18.4 Å². The van der Waals surface area contributed by atoms with E-state index in [2.05, 4.69) is 38.9 Å². The molecule has 0 bridgehead atoms. The summed E-state index contributed by atoms with van der Waals surface area (Å²) in [4.78, 5) is 14.0. The van der Waals surface area contributed by atoms with Crippen molar-refractivity contribution in [2.75, 3.05) is 78.5 Å². The monoisotopic (exact) mass is 347 g/mol. The van der Waals surface area contributed by atoms with Gasteiger partial charge in [0.25, 0.3) is 0 Å². The maximum Gasteiger partial charge on any atom is 0.127 e. The summed E-state index contributed by atoms with van der Waals surface area (Å²) in [5.74, 6) is 1.96. The van der Waals surface area contributed by atoms with Crippen LogP contribution in [0.1, 0.15) is 5.56 Å². The van der Waals surface area contributed by atoms with Gasteiger partial charge < -0.3 is 19.8 Å². The molecule has 0 spiro atoms. The molecule has 1 aromatic heterocycles. The molecule has 2 aliphatic rings. The number of rotatable bonds is 6. The smallest absolute Gasteiger partial charge is 0.127 e. The van der Waals surface area contributed by atoms with Crippen molar-refractivity contribution in [1.29, 1.82) is 0 Å². The molecule has 1 N–H and O–H groups in total. The summed E-state index contributed by atoms with van der Waals surface area (Å²) in [6, 6.07) is 4.25. The number of aromatic nitrogens is 1. The first-order valence-corrected chi connectivity index (χ1v) is 9.41. The molecule has 25 heavy (non-hydrogen) atoms. The molecule has 0 amide bonds. The minimum Gasteiger partial charge on any atom is -0.396 e. The topological polar surface area (TPSA) is 46.1 Å². The van der Waals surface area contributed by atoms with Crippen molar-refractivity contribution in [1.82, 2.24) is 19.7 Å². The summed E-state index contributed by atoms with van der Waals surface area (Å²) in [6.45, 7) is 9.03. The molecule has 1 aromatic rings. The molecule has 6 nitrogen and oxygen atoms in total. The van der Waals surface area contributed by atoms with Gasteiger partial charge in [0.2, 0.25) is 0 Å². The summed E-state index contributed by atoms with van der Waals surface area (Å²) >= 11 is 0. The Hall–Kier alpha value is -1.21. The SMILES string of the molecule is CN1CCN(C[C@@H]2CN(Cc3ccc(N(C)C)nc3)C[C@@H]2CO)CC1. The number of pyridine rings is 1. The summed E-state index contributed by atoms with van der Waals surface area (Å²) in [5, 5.41) is 9.82. The number of anilines is 1. The van der Waals surface area contributed by atoms with E-state index in [1.807, 2.05) is 25.2 Å². The highest BCUT2D eigenvalue weighted by atomic mass is 16.3. The molecule has 0 aromatic carbocycles. The third kappa shape index (κ3) is 4.91. The van der Waals surface area contributed by atoms with Gasteiger partial charge >= 0.3 is 0 Å². The maximum atomic E-state index is 9.82. The van der Waals surface area contributed by atoms with Gasteiger partial charge in [-0.25, -0.2) is 4.98 Å². The lowest BCUT2D eigenvalue weighted by molar-refractivity contribution is 0.116. The molecule has 2 aliphatic heterocycles. The van der Waals surface area contributed by atoms with Crippen molar-refractivity contribution < 1.29 is 5.11 Å². The molecule has 2 atom stereocenters. The van der Waals surface area contributed by atoms with Crippen LogP contribution in [0.4, 0.5) is 5.82 Å². The number of hydrogen-bond donors (Lipinski definition) is 1. The van der Waals surface area contributed by atoms with Crippen LogP contribution in [0.25, 0.3) is 0 Å². The third-order valence-corrected chi connectivity index (χ3v) is 5.65. The Morgan fingerprint density at radius 2 is 1.80 bits per heavy atom. The van der Waals surface area contributed by atoms with E-state index in [9.17, 15) is 5.11 Å². The average Bonchev–Trinajstić information content (AvgIpc) is 2.99. The highest BCUT2D eigenvalue weighted by Gasteiger charge is 2.33. The van der Waals surface area contributed by atoms with E-state index in [1.165, 1.54) is 5.56 Å². The third-order valence-electron chi connectivity index (χ3n) is 5.65. The van der Waals surface area contributed by atoms with Crippen molar-refractivity contribution in [3.63, 3.8) is 0 Å². The van der Waals surface area contributed by atoms with Gasteiger partial charge in [-0.3, -0.25) is 4.90 Å². The van der Waals surface area contributed by atoms with Crippen molar-refractivity contribution >= 4 is 5.82 Å². The Morgan fingerprint density at radius 1 is 1.08 bits per heavy atom. The lowest BCUT2D eigenvalue weighted by Gasteiger charge is -2.34. The molecule has 2 fully saturated rings. The minimum absolute atomic E-state index is 0.298. The second kappa shape index (κ2) is 8.45. The Balaban J connectivity index is 1.53. The van der Waals surface area contributed by atoms with Crippen molar-refractivity contribution in [3.8, 4) is 0 Å². The van der Waals surface area contributed by atoms with E-state index < -0.39 is 0 Å². The summed E-state index contributed by atoms with van der Waals surface area (Å²) in [5.41, 5.74) is 1.25. The lowest BCUT2D eigenvalue weighted by Crippen LogP contribution is -2.47. The number of piperazine rings is 1. The zero-order valence-corrected chi connectivity index (χ0v) is 15.9. The Kier molecular flexibility index (Phi) is 6.28. The second-order valence-electron chi connectivity index (χ2n) is 7.92. The van der Waals surface area contributed by atoms with E-state index >= 15 is 0 Å². The van der Waals surface area contributed by atoms with Gasteiger partial charge in [-0.2, -0.15) is 0 Å². The van der Waals surface area contributed by atoms with Crippen molar-refractivity contribution in [2.45, 2.75) is 6.54 Å². The molecule has 3 rings (SSSR count). The van der Waals surface area contributed by atoms with E-state index in [0.717, 1.165) is 58.2 Å². The van der Waals surface area contributed by atoms with Gasteiger partial charge in [-0.15, -0.1) is 0 Å². The molecular formula is C19H33N5O. The van der Waals surface area contributed by atoms with Gasteiger partial charge in [-0.1, -0.05) is 6.07 Å². The highest BCUT2D eigenvalue weighted by molar-refractivity contribution is 5.37. The minimum atomic E-state index is 0.298. The first-order chi connectivity index (χ1) is 12.0. The van der Waals surface area contributed by atoms with Crippen LogP contribution in [0.3, 0.4) is 0 Å². The molecule has 140 valence electrons. The fraction of sp³-hybridized carbons (Fsp3) is 0.737. The van der Waals surface area contributed by atoms with Crippen LogP contribution in [-0.2, 0) is 6.54 Å². The van der Waals surface area contributed by atoms with Gasteiger partial charge in [0, 0.05) is 79.3 Å². The zero-order valence-electron chi connectivity index (χ0n) is 15.9. The van der Waals surface area contributed by atoms with Crippen molar-refractivity contribution in [2.24, 2.45) is 11.8 Å². The standard InChI is InChI=1S/C19H33N5O/c1-21(2)19-5-4-16(10-20-19)11-24-13-17(18(14-24)15-25)12-23-8-6-22(3)7-9-23/h4-5,10,17-18,25H,6-9,11-15H2,1-3H3/t17-,18-/m1/s1. The van der Waals surface area contributed by atoms with E-state index in [1.54, 1.807) is 0 Å². The van der Waals surface area contributed by atoms with Gasteiger partial charge in [0.15, 0.2) is 0 Å². The van der Waals surface area contributed by atoms with Gasteiger partial charge in [0.1, 0.15) is 5.82 Å². The van der Waals surface area contributed by atoms with Crippen LogP contribution in [-0.4, -0.2) is 98.4 Å². The second-order valence-corrected chi connectivity index (χ2v) is 7.92. The van der Waals surface area contributed by atoms with Crippen LogP contribution in [0, 0.1) is 11.8 Å². The fourth-order valence-corrected chi connectivity index (χ4v) is 3.97. The predicted molar refractivity (Wildman–Crippen MR) is 102 cm³/mol. The van der Waals surface area contributed by atoms with Gasteiger partial charge in [-0.05, 0) is 30.5 Å². The average molecular weight is 348 g/mol. The Bertz CT molecular complexity index is 527. The largest absolute Gasteiger partial charge is 0.396 e. The molecule has 3 heterocycles. The molecule has 0 saturated carbocycles. The van der Waals surface area contributed by atoms with Crippen LogP contribution < -0.4 is 4.90 Å². The van der Waals surface area contributed by atoms with E-state index in [4.69, 9.17) is 0 Å². The molecule has 6 heteroatoms. The number of likely N-dealkylation sites (tertiary alicyclic amines) is 1. The van der Waals surface area contributed by atoms with Crippen LogP contribution in [0.15, 0.2) is 18.3 Å². The lowest BCUT2D eigenvalue weighted by atomic mass is 9.96. The quantitative estimate of drug-likeness (QED) is 0.806. The normalized spacial score (nSPS) is 26.2. The summed E-state index contributed by atoms with van der Waals surface area (Å²) in [7, 11) is 6.22. The van der Waals surface area contributed by atoms with Gasteiger partial charge in [0.05, 0.1) is 0 Å². The molecular weight excluding hydrogens is 314 g/mol. The molecule has 0 unspecified atom stereocenters. The highest BCUT2D eigenvalue weighted by Crippen LogP contribution is 2.26. The van der Waals surface area contributed by atoms with Crippen LogP contribution in [0.5, 0.6) is 0 Å². The number of aliphatic hydroxyl groups excluding tert-OH is 1.